The van der Waals surface area contributed by atoms with Crippen LogP contribution in [-0.2, 0) is 0 Å². The minimum atomic E-state index is 0.524. The van der Waals surface area contributed by atoms with Gasteiger partial charge < -0.3 is 5.32 Å². The van der Waals surface area contributed by atoms with Crippen LogP contribution in [0.2, 0.25) is 0 Å². The Morgan fingerprint density at radius 3 is 2.55 bits per heavy atom. The maximum absolute atomic E-state index is 5.36. The Bertz CT molecular complexity index is 790. The van der Waals surface area contributed by atoms with Gasteiger partial charge in [-0.2, -0.15) is 0 Å². The van der Waals surface area contributed by atoms with E-state index < -0.39 is 0 Å². The number of rotatable bonds is 3. The molecule has 3 rings (SSSR count). The lowest BCUT2D eigenvalue weighted by atomic mass is 10.0. The number of benzene rings is 2. The molecule has 0 radical (unpaired) electrons. The second-order valence-electron chi connectivity index (χ2n) is 5.45. The summed E-state index contributed by atoms with van der Waals surface area (Å²) in [7, 11) is 0. The average Bonchev–Trinajstić information content (AvgIpc) is 2.91. The summed E-state index contributed by atoms with van der Waals surface area (Å²) in [5, 5.41) is 3.71. The van der Waals surface area contributed by atoms with Crippen LogP contribution < -0.4 is 10.7 Å². The molecule has 0 aliphatic carbocycles. The van der Waals surface area contributed by atoms with Crippen molar-refractivity contribution in [2.24, 2.45) is 0 Å². The highest BCUT2D eigenvalue weighted by Crippen LogP contribution is 2.17. The Labute approximate surface area is 135 Å². The molecular formula is C17H18N4S. The maximum Gasteiger partial charge on any atom is 0.190 e. The lowest BCUT2D eigenvalue weighted by molar-refractivity contribution is 0.867. The van der Waals surface area contributed by atoms with Crippen LogP contribution in [0.5, 0.6) is 0 Å². The van der Waals surface area contributed by atoms with Crippen molar-refractivity contribution in [1.29, 1.82) is 0 Å². The average molecular weight is 310 g/mol. The summed E-state index contributed by atoms with van der Waals surface area (Å²) in [5.74, 6) is 0.524. The minimum Gasteiger partial charge on any atom is -0.331 e. The minimum absolute atomic E-state index is 0.524. The first-order chi connectivity index (χ1) is 10.6. The van der Waals surface area contributed by atoms with Gasteiger partial charge in [-0.3, -0.25) is 5.43 Å². The molecule has 0 saturated carbocycles. The molecule has 0 fully saturated rings. The van der Waals surface area contributed by atoms with Crippen molar-refractivity contribution >= 4 is 34.1 Å². The maximum atomic E-state index is 5.36. The number of anilines is 1. The summed E-state index contributed by atoms with van der Waals surface area (Å²) >= 11 is 5.36. The number of hydrogen-bond acceptors (Lipinski definition) is 2. The summed E-state index contributed by atoms with van der Waals surface area (Å²) in [5.41, 5.74) is 7.32. The zero-order valence-electron chi connectivity index (χ0n) is 12.6. The van der Waals surface area contributed by atoms with Gasteiger partial charge in [-0.25, -0.2) is 9.66 Å². The third kappa shape index (κ3) is 3.09. The summed E-state index contributed by atoms with van der Waals surface area (Å²) in [6, 6.07) is 16.2. The Balaban J connectivity index is 1.69. The van der Waals surface area contributed by atoms with Crippen molar-refractivity contribution in [1.82, 2.24) is 9.66 Å². The molecule has 0 bridgehead atoms. The Hall–Kier alpha value is -2.40. The van der Waals surface area contributed by atoms with Crippen molar-refractivity contribution in [2.75, 3.05) is 10.7 Å². The summed E-state index contributed by atoms with van der Waals surface area (Å²) in [4.78, 5) is 4.32. The monoisotopic (exact) mass is 310 g/mol. The molecular weight excluding hydrogens is 292 g/mol. The van der Waals surface area contributed by atoms with Crippen LogP contribution in [-0.4, -0.2) is 14.8 Å². The van der Waals surface area contributed by atoms with Crippen molar-refractivity contribution < 1.29 is 0 Å². The van der Waals surface area contributed by atoms with Gasteiger partial charge in [0.1, 0.15) is 6.33 Å². The van der Waals surface area contributed by atoms with Crippen molar-refractivity contribution in [3.63, 3.8) is 0 Å². The van der Waals surface area contributed by atoms with Gasteiger partial charge >= 0.3 is 0 Å². The lowest BCUT2D eigenvalue weighted by Crippen LogP contribution is -2.26. The molecule has 0 aliphatic heterocycles. The van der Waals surface area contributed by atoms with E-state index >= 15 is 0 Å². The first-order valence-corrected chi connectivity index (χ1v) is 7.64. The number of thiocarbonyl (C=S) groups is 1. The molecule has 112 valence electrons. The highest BCUT2D eigenvalue weighted by Gasteiger charge is 2.04. The fourth-order valence-corrected chi connectivity index (χ4v) is 2.48. The molecule has 4 nitrogen and oxygen atoms in total. The number of fused-ring (bicyclic) bond motifs is 1. The van der Waals surface area contributed by atoms with Gasteiger partial charge in [-0.15, -0.1) is 0 Å². The molecule has 0 saturated heterocycles. The number of aromatic nitrogens is 2. The highest BCUT2D eigenvalue weighted by atomic mass is 32.1. The number of nitrogens with one attached hydrogen (secondary N) is 2. The molecule has 0 unspecified atom stereocenters. The summed E-state index contributed by atoms with van der Waals surface area (Å²) < 4.78 is 1.81. The molecule has 1 aromatic heterocycles. The highest BCUT2D eigenvalue weighted by molar-refractivity contribution is 7.80. The van der Waals surface area contributed by atoms with Crippen LogP contribution in [0.1, 0.15) is 25.3 Å². The fraction of sp³-hybridized carbons (Fsp3) is 0.176. The standard InChI is InChI=1S/C17H18N4S/c1-12(2)13-7-9-14(10-8-13)19-17(22)20-21-11-18-15-5-3-4-6-16(15)21/h3-12H,1-2H3,(H2,19,20,22). The van der Waals surface area contributed by atoms with Gasteiger partial charge in [-0.1, -0.05) is 38.1 Å². The van der Waals surface area contributed by atoms with E-state index in [2.05, 4.69) is 41.7 Å². The predicted octanol–water partition coefficient (Wildman–Crippen LogP) is 4.10. The molecule has 0 atom stereocenters. The molecule has 22 heavy (non-hydrogen) atoms. The van der Waals surface area contributed by atoms with Gasteiger partial charge in [0.25, 0.3) is 0 Å². The Morgan fingerprint density at radius 1 is 1.09 bits per heavy atom. The van der Waals surface area contributed by atoms with Crippen molar-refractivity contribution in [3.05, 3.63) is 60.4 Å². The van der Waals surface area contributed by atoms with Crippen LogP contribution in [0.3, 0.4) is 0 Å². The lowest BCUT2D eigenvalue weighted by Gasteiger charge is -2.12. The second kappa shape index (κ2) is 6.15. The molecule has 0 amide bonds. The third-order valence-electron chi connectivity index (χ3n) is 3.51. The van der Waals surface area contributed by atoms with Crippen molar-refractivity contribution in [3.8, 4) is 0 Å². The van der Waals surface area contributed by atoms with Crippen molar-refractivity contribution in [2.45, 2.75) is 19.8 Å². The van der Waals surface area contributed by atoms with Gasteiger partial charge in [-0.05, 0) is 48.0 Å². The molecule has 3 aromatic rings. The van der Waals surface area contributed by atoms with E-state index in [4.69, 9.17) is 12.2 Å². The van der Waals surface area contributed by atoms with Crippen LogP contribution >= 0.6 is 12.2 Å². The second-order valence-corrected chi connectivity index (χ2v) is 5.85. The van der Waals surface area contributed by atoms with E-state index in [1.807, 2.05) is 41.1 Å². The van der Waals surface area contributed by atoms with E-state index in [1.54, 1.807) is 6.33 Å². The van der Waals surface area contributed by atoms with Crippen LogP contribution in [0.15, 0.2) is 54.9 Å². The van der Waals surface area contributed by atoms with E-state index in [0.29, 0.717) is 11.0 Å². The van der Waals surface area contributed by atoms with E-state index in [-0.39, 0.29) is 0 Å². The first-order valence-electron chi connectivity index (χ1n) is 7.23. The largest absolute Gasteiger partial charge is 0.331 e. The van der Waals surface area contributed by atoms with E-state index in [0.717, 1.165) is 16.7 Å². The Morgan fingerprint density at radius 2 is 1.82 bits per heavy atom. The summed E-state index contributed by atoms with van der Waals surface area (Å²) in [6.45, 7) is 4.36. The first kappa shape index (κ1) is 14.5. The smallest absolute Gasteiger partial charge is 0.190 e. The topological polar surface area (TPSA) is 41.9 Å². The van der Waals surface area contributed by atoms with Gasteiger partial charge in [0.05, 0.1) is 11.0 Å². The molecule has 2 N–H and O–H groups in total. The number of para-hydroxylation sites is 2. The molecule has 2 aromatic carbocycles. The predicted molar refractivity (Wildman–Crippen MR) is 95.8 cm³/mol. The molecule has 1 heterocycles. The molecule has 0 aliphatic rings. The van der Waals surface area contributed by atoms with Gasteiger partial charge in [0.15, 0.2) is 5.11 Å². The van der Waals surface area contributed by atoms with Gasteiger partial charge in [0.2, 0.25) is 0 Å². The van der Waals surface area contributed by atoms with Crippen LogP contribution in [0.4, 0.5) is 5.69 Å². The summed E-state index contributed by atoms with van der Waals surface area (Å²) in [6.07, 6.45) is 1.72. The SMILES string of the molecule is CC(C)c1ccc(NC(=S)Nn2cnc3ccccc32)cc1. The van der Waals surface area contributed by atoms with Gasteiger partial charge in [0, 0.05) is 5.69 Å². The van der Waals surface area contributed by atoms with Crippen LogP contribution in [0.25, 0.3) is 11.0 Å². The molecule has 5 heteroatoms. The number of imidazole rings is 1. The van der Waals surface area contributed by atoms with Crippen LogP contribution in [0, 0.1) is 0 Å². The fourth-order valence-electron chi connectivity index (χ4n) is 2.27. The third-order valence-corrected chi connectivity index (χ3v) is 3.70. The Kier molecular flexibility index (Phi) is 4.06. The van der Waals surface area contributed by atoms with E-state index in [1.165, 1.54) is 5.56 Å². The number of nitrogens with zero attached hydrogens (tertiary/aromatic N) is 2. The zero-order chi connectivity index (χ0) is 15.5. The molecule has 0 spiro atoms. The number of hydrogen-bond donors (Lipinski definition) is 2. The quantitative estimate of drug-likeness (QED) is 0.715. The normalized spacial score (nSPS) is 10.9. The zero-order valence-corrected chi connectivity index (χ0v) is 13.4. The van der Waals surface area contributed by atoms with E-state index in [9.17, 15) is 0 Å².